The van der Waals surface area contributed by atoms with E-state index < -0.39 is 5.97 Å². The van der Waals surface area contributed by atoms with Crippen molar-refractivity contribution in [3.8, 4) is 0 Å². The average Bonchev–Trinajstić information content (AvgIpc) is 3.00. The maximum Gasteiger partial charge on any atom is 0.354 e. The standard InChI is InChI=1S/C22H17ClFNO2/c1-2-27-22(26)21-11-16-10-17(23)7-9-20(16)25(21)13-15-5-3-4-14-6-8-18(24)12-19(14)15/h3-12H,2,13H2,1H3. The number of hydrogen-bond donors (Lipinski definition) is 0. The topological polar surface area (TPSA) is 31.2 Å². The number of hydrogen-bond acceptors (Lipinski definition) is 2. The van der Waals surface area contributed by atoms with Gasteiger partial charge in [-0.1, -0.05) is 35.9 Å². The Balaban J connectivity index is 1.90. The number of rotatable bonds is 4. The van der Waals surface area contributed by atoms with Gasteiger partial charge < -0.3 is 9.30 Å². The van der Waals surface area contributed by atoms with E-state index in [0.29, 0.717) is 23.9 Å². The summed E-state index contributed by atoms with van der Waals surface area (Å²) >= 11 is 6.11. The molecule has 0 spiro atoms. The Morgan fingerprint density at radius 1 is 1.07 bits per heavy atom. The lowest BCUT2D eigenvalue weighted by Gasteiger charge is -2.13. The van der Waals surface area contributed by atoms with Crippen molar-refractivity contribution in [3.63, 3.8) is 0 Å². The summed E-state index contributed by atoms with van der Waals surface area (Å²) in [5.74, 6) is -0.680. The molecule has 3 nitrogen and oxygen atoms in total. The van der Waals surface area contributed by atoms with Gasteiger partial charge in [0.2, 0.25) is 0 Å². The average molecular weight is 382 g/mol. The molecule has 136 valence electrons. The fourth-order valence-electron chi connectivity index (χ4n) is 3.40. The van der Waals surface area contributed by atoms with Gasteiger partial charge in [-0.3, -0.25) is 0 Å². The van der Waals surface area contributed by atoms with E-state index >= 15 is 0 Å². The van der Waals surface area contributed by atoms with Crippen LogP contribution >= 0.6 is 11.6 Å². The molecular formula is C22H17ClFNO2. The fraction of sp³-hybridized carbons (Fsp3) is 0.136. The molecule has 4 aromatic rings. The van der Waals surface area contributed by atoms with Crippen molar-refractivity contribution in [2.24, 2.45) is 0 Å². The quantitative estimate of drug-likeness (QED) is 0.417. The van der Waals surface area contributed by atoms with E-state index in [1.54, 1.807) is 25.1 Å². The number of esters is 1. The van der Waals surface area contributed by atoms with Crippen molar-refractivity contribution in [2.45, 2.75) is 13.5 Å². The van der Waals surface area contributed by atoms with Gasteiger partial charge in [0.1, 0.15) is 11.5 Å². The van der Waals surface area contributed by atoms with Gasteiger partial charge in [0.05, 0.1) is 6.61 Å². The zero-order valence-electron chi connectivity index (χ0n) is 14.7. The SMILES string of the molecule is CCOC(=O)c1cc2cc(Cl)ccc2n1Cc1cccc2ccc(F)cc12. The Kier molecular flexibility index (Phi) is 4.58. The van der Waals surface area contributed by atoms with Gasteiger partial charge in [0, 0.05) is 22.5 Å². The molecule has 5 heteroatoms. The molecular weight excluding hydrogens is 365 g/mol. The Labute approximate surface area is 160 Å². The van der Waals surface area contributed by atoms with E-state index in [-0.39, 0.29) is 5.82 Å². The third-order valence-corrected chi connectivity index (χ3v) is 4.85. The zero-order valence-corrected chi connectivity index (χ0v) is 15.5. The van der Waals surface area contributed by atoms with Gasteiger partial charge in [-0.2, -0.15) is 0 Å². The monoisotopic (exact) mass is 381 g/mol. The fourth-order valence-corrected chi connectivity index (χ4v) is 3.58. The van der Waals surface area contributed by atoms with E-state index in [1.165, 1.54) is 12.1 Å². The lowest BCUT2D eigenvalue weighted by atomic mass is 10.0. The number of carbonyl (C=O) groups is 1. The molecule has 0 aliphatic heterocycles. The van der Waals surface area contributed by atoms with E-state index in [0.717, 1.165) is 27.2 Å². The second-order valence-corrected chi connectivity index (χ2v) is 6.76. The predicted molar refractivity (Wildman–Crippen MR) is 106 cm³/mol. The van der Waals surface area contributed by atoms with Crippen molar-refractivity contribution in [2.75, 3.05) is 6.61 Å². The molecule has 3 aromatic carbocycles. The van der Waals surface area contributed by atoms with E-state index in [4.69, 9.17) is 16.3 Å². The highest BCUT2D eigenvalue weighted by Crippen LogP contribution is 2.27. The highest BCUT2D eigenvalue weighted by Gasteiger charge is 2.18. The van der Waals surface area contributed by atoms with Gasteiger partial charge in [0.15, 0.2) is 0 Å². The van der Waals surface area contributed by atoms with Gasteiger partial charge in [-0.25, -0.2) is 9.18 Å². The second kappa shape index (κ2) is 7.05. The highest BCUT2D eigenvalue weighted by atomic mass is 35.5. The van der Waals surface area contributed by atoms with E-state index in [1.807, 2.05) is 34.9 Å². The van der Waals surface area contributed by atoms with Gasteiger partial charge >= 0.3 is 5.97 Å². The first kappa shape index (κ1) is 17.6. The van der Waals surface area contributed by atoms with Crippen molar-refractivity contribution >= 4 is 39.2 Å². The van der Waals surface area contributed by atoms with Crippen LogP contribution in [-0.2, 0) is 11.3 Å². The molecule has 0 bridgehead atoms. The predicted octanol–water partition coefficient (Wildman–Crippen LogP) is 5.81. The lowest BCUT2D eigenvalue weighted by molar-refractivity contribution is 0.0515. The number of fused-ring (bicyclic) bond motifs is 2. The summed E-state index contributed by atoms with van der Waals surface area (Å²) in [4.78, 5) is 12.5. The second-order valence-electron chi connectivity index (χ2n) is 6.32. The van der Waals surface area contributed by atoms with Crippen LogP contribution in [0.3, 0.4) is 0 Å². The molecule has 0 aliphatic rings. The van der Waals surface area contributed by atoms with Crippen LogP contribution in [-0.4, -0.2) is 17.1 Å². The van der Waals surface area contributed by atoms with Crippen molar-refractivity contribution in [3.05, 3.63) is 82.8 Å². The number of halogens is 2. The van der Waals surface area contributed by atoms with Crippen LogP contribution in [0.2, 0.25) is 5.02 Å². The first-order chi connectivity index (χ1) is 13.1. The molecule has 0 atom stereocenters. The third-order valence-electron chi connectivity index (χ3n) is 4.61. The zero-order chi connectivity index (χ0) is 19.0. The number of aromatic nitrogens is 1. The molecule has 1 aromatic heterocycles. The summed E-state index contributed by atoms with van der Waals surface area (Å²) < 4.78 is 20.9. The molecule has 0 saturated carbocycles. The van der Waals surface area contributed by atoms with E-state index in [2.05, 4.69) is 0 Å². The summed E-state index contributed by atoms with van der Waals surface area (Å²) in [6.07, 6.45) is 0. The van der Waals surface area contributed by atoms with Crippen LogP contribution in [0.15, 0.2) is 60.7 Å². The summed E-state index contributed by atoms with van der Waals surface area (Å²) in [6, 6.07) is 17.8. The highest BCUT2D eigenvalue weighted by molar-refractivity contribution is 6.31. The molecule has 0 amide bonds. The molecule has 0 radical (unpaired) electrons. The summed E-state index contributed by atoms with van der Waals surface area (Å²) in [6.45, 7) is 2.48. The van der Waals surface area contributed by atoms with Gasteiger partial charge in [0.25, 0.3) is 0 Å². The molecule has 0 saturated heterocycles. The van der Waals surface area contributed by atoms with Crippen LogP contribution in [0.1, 0.15) is 23.0 Å². The molecule has 27 heavy (non-hydrogen) atoms. The number of carbonyl (C=O) groups excluding carboxylic acids is 1. The maximum atomic E-state index is 13.8. The molecule has 1 heterocycles. The van der Waals surface area contributed by atoms with Crippen LogP contribution in [0.4, 0.5) is 4.39 Å². The minimum absolute atomic E-state index is 0.287. The van der Waals surface area contributed by atoms with Crippen molar-refractivity contribution < 1.29 is 13.9 Å². The maximum absolute atomic E-state index is 13.8. The summed E-state index contributed by atoms with van der Waals surface area (Å²) in [5.41, 5.74) is 2.24. The van der Waals surface area contributed by atoms with Crippen LogP contribution in [0, 0.1) is 5.82 Å². The van der Waals surface area contributed by atoms with Crippen LogP contribution < -0.4 is 0 Å². The molecule has 0 fully saturated rings. The smallest absolute Gasteiger partial charge is 0.354 e. The van der Waals surface area contributed by atoms with E-state index in [9.17, 15) is 9.18 Å². The van der Waals surface area contributed by atoms with Crippen molar-refractivity contribution in [1.29, 1.82) is 0 Å². The largest absolute Gasteiger partial charge is 0.461 e. The normalized spacial score (nSPS) is 11.2. The molecule has 0 N–H and O–H groups in total. The summed E-state index contributed by atoms with van der Waals surface area (Å²) in [5, 5.41) is 3.23. The van der Waals surface area contributed by atoms with Crippen LogP contribution in [0.5, 0.6) is 0 Å². The van der Waals surface area contributed by atoms with Crippen molar-refractivity contribution in [1.82, 2.24) is 4.57 Å². The summed E-state index contributed by atoms with van der Waals surface area (Å²) in [7, 11) is 0. The minimum Gasteiger partial charge on any atom is -0.461 e. The van der Waals surface area contributed by atoms with Crippen LogP contribution in [0.25, 0.3) is 21.7 Å². The number of nitrogens with zero attached hydrogens (tertiary/aromatic N) is 1. The van der Waals surface area contributed by atoms with Gasteiger partial charge in [-0.05, 0) is 59.7 Å². The first-order valence-electron chi connectivity index (χ1n) is 8.70. The lowest BCUT2D eigenvalue weighted by Crippen LogP contribution is -2.13. The number of benzene rings is 3. The Morgan fingerprint density at radius 3 is 2.74 bits per heavy atom. The molecule has 4 rings (SSSR count). The Hall–Kier alpha value is -2.85. The molecule has 0 aliphatic carbocycles. The van der Waals surface area contributed by atoms with Gasteiger partial charge in [-0.15, -0.1) is 0 Å². The Morgan fingerprint density at radius 2 is 1.93 bits per heavy atom. The number of ether oxygens (including phenoxy) is 1. The first-order valence-corrected chi connectivity index (χ1v) is 9.07. The molecule has 0 unspecified atom stereocenters. The third kappa shape index (κ3) is 3.28. The minimum atomic E-state index is -0.392. The Bertz CT molecular complexity index is 1170.